The van der Waals surface area contributed by atoms with E-state index in [0.29, 0.717) is 6.07 Å². The number of carboxylic acids is 1. The third-order valence-electron chi connectivity index (χ3n) is 2.13. The zero-order valence-corrected chi connectivity index (χ0v) is 8.38. The van der Waals surface area contributed by atoms with Gasteiger partial charge in [0, 0.05) is 6.54 Å². The monoisotopic (exact) mass is 244 g/mol. The molecule has 0 amide bonds. The zero-order valence-electron chi connectivity index (χ0n) is 8.38. The molecule has 17 heavy (non-hydrogen) atoms. The van der Waals surface area contributed by atoms with Crippen LogP contribution in [0, 0.1) is 11.3 Å². The molecule has 0 spiro atoms. The number of nitriles is 1. The first-order valence-electron chi connectivity index (χ1n) is 4.38. The van der Waals surface area contributed by atoms with E-state index in [2.05, 4.69) is 0 Å². The van der Waals surface area contributed by atoms with E-state index in [1.54, 1.807) is 0 Å². The maximum absolute atomic E-state index is 12.6. The second kappa shape index (κ2) is 4.43. The van der Waals surface area contributed by atoms with Crippen LogP contribution >= 0.6 is 0 Å². The van der Waals surface area contributed by atoms with Crippen LogP contribution in [0.25, 0.3) is 0 Å². The molecule has 0 saturated heterocycles. The van der Waals surface area contributed by atoms with Crippen LogP contribution in [-0.2, 0) is 12.7 Å². The van der Waals surface area contributed by atoms with Crippen LogP contribution in [0.2, 0.25) is 0 Å². The van der Waals surface area contributed by atoms with Crippen molar-refractivity contribution in [2.75, 3.05) is 0 Å². The Bertz CT molecular complexity index is 503. The van der Waals surface area contributed by atoms with Gasteiger partial charge in [0.15, 0.2) is 0 Å². The summed E-state index contributed by atoms with van der Waals surface area (Å²) in [5.74, 6) is -1.53. The number of benzene rings is 1. The van der Waals surface area contributed by atoms with Gasteiger partial charge in [0.25, 0.3) is 0 Å². The van der Waals surface area contributed by atoms with Crippen molar-refractivity contribution in [2.24, 2.45) is 5.73 Å². The quantitative estimate of drug-likeness (QED) is 0.829. The molecule has 0 aliphatic carbocycles. The van der Waals surface area contributed by atoms with E-state index in [1.807, 2.05) is 0 Å². The first kappa shape index (κ1) is 13.0. The van der Waals surface area contributed by atoms with Crippen molar-refractivity contribution in [3.8, 4) is 6.07 Å². The second-order valence-corrected chi connectivity index (χ2v) is 3.17. The average molecular weight is 244 g/mol. The van der Waals surface area contributed by atoms with Crippen molar-refractivity contribution < 1.29 is 23.1 Å². The summed E-state index contributed by atoms with van der Waals surface area (Å²) in [5.41, 5.74) is 2.60. The van der Waals surface area contributed by atoms with Gasteiger partial charge in [0.2, 0.25) is 0 Å². The number of rotatable bonds is 2. The lowest BCUT2D eigenvalue weighted by Gasteiger charge is -2.13. The van der Waals surface area contributed by atoms with E-state index in [9.17, 15) is 18.0 Å². The Labute approximate surface area is 94.1 Å². The minimum Gasteiger partial charge on any atom is -0.478 e. The predicted molar refractivity (Wildman–Crippen MR) is 51.0 cm³/mol. The fourth-order valence-corrected chi connectivity index (χ4v) is 1.37. The molecular weight excluding hydrogens is 237 g/mol. The normalized spacial score (nSPS) is 11.0. The van der Waals surface area contributed by atoms with Gasteiger partial charge in [-0.3, -0.25) is 0 Å². The molecule has 0 radical (unpaired) electrons. The molecule has 0 heterocycles. The second-order valence-electron chi connectivity index (χ2n) is 3.17. The van der Waals surface area contributed by atoms with Crippen molar-refractivity contribution >= 4 is 5.97 Å². The summed E-state index contributed by atoms with van der Waals surface area (Å²) in [6.45, 7) is -0.488. The molecule has 0 unspecified atom stereocenters. The number of nitrogens with two attached hydrogens (primary N) is 1. The fraction of sp³-hybridized carbons (Fsp3) is 0.200. The third-order valence-corrected chi connectivity index (χ3v) is 2.13. The molecule has 90 valence electrons. The van der Waals surface area contributed by atoms with Crippen molar-refractivity contribution in [1.29, 1.82) is 5.26 Å². The lowest BCUT2D eigenvalue weighted by molar-refractivity contribution is -0.138. The molecule has 1 rings (SSSR count). The molecule has 7 heteroatoms. The zero-order chi connectivity index (χ0) is 13.2. The summed E-state index contributed by atoms with van der Waals surface area (Å²) in [4.78, 5) is 10.6. The van der Waals surface area contributed by atoms with Crippen LogP contribution in [0.5, 0.6) is 0 Å². The summed E-state index contributed by atoms with van der Waals surface area (Å²) in [6, 6.07) is 2.86. The topological polar surface area (TPSA) is 87.1 Å². The van der Waals surface area contributed by atoms with Gasteiger partial charge in [0.05, 0.1) is 22.8 Å². The molecular formula is C10H7F3N2O2. The Hall–Kier alpha value is -2.07. The van der Waals surface area contributed by atoms with Gasteiger partial charge in [0.1, 0.15) is 0 Å². The molecule has 0 bridgehead atoms. The van der Waals surface area contributed by atoms with Gasteiger partial charge in [-0.25, -0.2) is 4.79 Å². The van der Waals surface area contributed by atoms with Gasteiger partial charge >= 0.3 is 12.1 Å². The summed E-state index contributed by atoms with van der Waals surface area (Å²) >= 11 is 0. The number of carboxylic acid groups (broad SMARTS) is 1. The molecule has 4 nitrogen and oxygen atoms in total. The molecule has 0 aliphatic heterocycles. The lowest BCUT2D eigenvalue weighted by Crippen LogP contribution is -2.15. The van der Waals surface area contributed by atoms with Crippen molar-refractivity contribution in [3.63, 3.8) is 0 Å². The number of aromatic carboxylic acids is 1. The molecule has 0 atom stereocenters. The van der Waals surface area contributed by atoms with E-state index >= 15 is 0 Å². The largest absolute Gasteiger partial charge is 0.478 e. The molecule has 0 aromatic heterocycles. The molecule has 0 saturated carbocycles. The minimum absolute atomic E-state index is 0.375. The van der Waals surface area contributed by atoms with Crippen LogP contribution in [-0.4, -0.2) is 11.1 Å². The van der Waals surface area contributed by atoms with E-state index in [1.165, 1.54) is 6.07 Å². The van der Waals surface area contributed by atoms with Crippen molar-refractivity contribution in [1.82, 2.24) is 0 Å². The summed E-state index contributed by atoms with van der Waals surface area (Å²) in [6.07, 6.45) is -4.74. The fourth-order valence-electron chi connectivity index (χ4n) is 1.37. The average Bonchev–Trinajstić information content (AvgIpc) is 2.25. The van der Waals surface area contributed by atoms with E-state index < -0.39 is 35.4 Å². The SMILES string of the molecule is N#Cc1cc(C(=O)O)cc(C(F)(F)F)c1CN. The Morgan fingerprint density at radius 1 is 1.47 bits per heavy atom. The van der Waals surface area contributed by atoms with Crippen LogP contribution in [0.4, 0.5) is 13.2 Å². The van der Waals surface area contributed by atoms with E-state index in [4.69, 9.17) is 16.1 Å². The van der Waals surface area contributed by atoms with Crippen molar-refractivity contribution in [2.45, 2.75) is 12.7 Å². The van der Waals surface area contributed by atoms with E-state index in [0.717, 1.165) is 6.07 Å². The number of carbonyl (C=O) groups is 1. The van der Waals surface area contributed by atoms with Gasteiger partial charge < -0.3 is 10.8 Å². The highest BCUT2D eigenvalue weighted by Gasteiger charge is 2.35. The highest BCUT2D eigenvalue weighted by molar-refractivity contribution is 5.88. The van der Waals surface area contributed by atoms with Crippen LogP contribution < -0.4 is 5.73 Å². The first-order valence-corrected chi connectivity index (χ1v) is 4.38. The Morgan fingerprint density at radius 2 is 2.06 bits per heavy atom. The van der Waals surface area contributed by atoms with Crippen molar-refractivity contribution in [3.05, 3.63) is 34.4 Å². The number of hydrogen-bond acceptors (Lipinski definition) is 3. The molecule has 1 aromatic rings. The predicted octanol–water partition coefficient (Wildman–Crippen LogP) is 1.73. The smallest absolute Gasteiger partial charge is 0.416 e. The molecule has 0 aliphatic rings. The molecule has 3 N–H and O–H groups in total. The van der Waals surface area contributed by atoms with Gasteiger partial charge in [-0.05, 0) is 17.7 Å². The maximum Gasteiger partial charge on any atom is 0.416 e. The van der Waals surface area contributed by atoms with Crippen LogP contribution in [0.1, 0.15) is 27.0 Å². The number of alkyl halides is 3. The van der Waals surface area contributed by atoms with Crippen LogP contribution in [0.15, 0.2) is 12.1 Å². The first-order chi connectivity index (χ1) is 7.81. The van der Waals surface area contributed by atoms with Gasteiger partial charge in [-0.2, -0.15) is 18.4 Å². The summed E-state index contributed by atoms with van der Waals surface area (Å²) < 4.78 is 37.9. The Kier molecular flexibility index (Phi) is 3.39. The van der Waals surface area contributed by atoms with Gasteiger partial charge in [-0.15, -0.1) is 0 Å². The number of hydrogen-bond donors (Lipinski definition) is 2. The third kappa shape index (κ3) is 2.54. The number of nitrogens with zero attached hydrogens (tertiary/aromatic N) is 1. The highest BCUT2D eigenvalue weighted by atomic mass is 19.4. The summed E-state index contributed by atoms with van der Waals surface area (Å²) in [5, 5.41) is 17.3. The maximum atomic E-state index is 12.6. The lowest BCUT2D eigenvalue weighted by atomic mass is 9.97. The van der Waals surface area contributed by atoms with Gasteiger partial charge in [-0.1, -0.05) is 0 Å². The van der Waals surface area contributed by atoms with Crippen LogP contribution in [0.3, 0.4) is 0 Å². The Balaban J connectivity index is 3.61. The molecule has 0 fully saturated rings. The molecule has 1 aromatic carbocycles. The number of halogens is 3. The Morgan fingerprint density at radius 3 is 2.41 bits per heavy atom. The highest BCUT2D eigenvalue weighted by Crippen LogP contribution is 2.34. The van der Waals surface area contributed by atoms with E-state index in [-0.39, 0.29) is 5.56 Å². The summed E-state index contributed by atoms with van der Waals surface area (Å²) in [7, 11) is 0. The standard InChI is InChI=1S/C10H7F3N2O2/c11-10(12,13)8-2-5(9(16)17)1-6(3-14)7(8)4-15/h1-2H,4,15H2,(H,16,17). The minimum atomic E-state index is -4.74.